The molecule has 2 N–H and O–H groups in total. The van der Waals surface area contributed by atoms with Crippen molar-refractivity contribution in [3.05, 3.63) is 35.2 Å². The highest BCUT2D eigenvalue weighted by molar-refractivity contribution is 7.19. The van der Waals surface area contributed by atoms with Gasteiger partial charge in [0.25, 0.3) is 0 Å². The van der Waals surface area contributed by atoms with Crippen molar-refractivity contribution in [1.29, 1.82) is 0 Å². The maximum absolute atomic E-state index is 11.1. The van der Waals surface area contributed by atoms with Crippen LogP contribution in [0.5, 0.6) is 0 Å². The number of esters is 1. The van der Waals surface area contributed by atoms with Crippen LogP contribution in [0.4, 0.5) is 0 Å². The van der Waals surface area contributed by atoms with Gasteiger partial charge in [0.2, 0.25) is 0 Å². The number of ether oxygens (including phenoxy) is 1. The molecule has 0 saturated heterocycles. The standard InChI is InChI=1S/C13H15NO2S/c1-16-13(15)8-10(14)7-11-6-9-4-2-3-5-12(9)17-11/h2-6,10H,7-8,14H2,1H3. The maximum atomic E-state index is 11.1. The molecule has 0 bridgehead atoms. The molecule has 1 aromatic heterocycles. The molecule has 4 heteroatoms. The van der Waals surface area contributed by atoms with Gasteiger partial charge in [-0.1, -0.05) is 18.2 Å². The van der Waals surface area contributed by atoms with E-state index in [2.05, 4.69) is 22.9 Å². The second-order valence-corrected chi connectivity index (χ2v) is 5.16. The minimum atomic E-state index is -0.251. The number of benzene rings is 1. The van der Waals surface area contributed by atoms with E-state index in [1.165, 1.54) is 22.1 Å². The molecule has 2 aromatic rings. The van der Waals surface area contributed by atoms with Crippen LogP contribution >= 0.6 is 11.3 Å². The number of hydrogen-bond acceptors (Lipinski definition) is 4. The van der Waals surface area contributed by atoms with Crippen molar-refractivity contribution in [2.45, 2.75) is 18.9 Å². The van der Waals surface area contributed by atoms with Crippen LogP contribution in [0.3, 0.4) is 0 Å². The Balaban J connectivity index is 2.05. The smallest absolute Gasteiger partial charge is 0.307 e. The van der Waals surface area contributed by atoms with Crippen molar-refractivity contribution in [3.63, 3.8) is 0 Å². The van der Waals surface area contributed by atoms with Crippen molar-refractivity contribution in [2.75, 3.05) is 7.11 Å². The molecule has 0 aliphatic carbocycles. The quantitative estimate of drug-likeness (QED) is 0.846. The van der Waals surface area contributed by atoms with E-state index in [1.54, 1.807) is 11.3 Å². The summed E-state index contributed by atoms with van der Waals surface area (Å²) in [5.74, 6) is -0.251. The molecule has 0 aliphatic rings. The Kier molecular flexibility index (Phi) is 3.76. The zero-order valence-electron chi connectivity index (χ0n) is 9.68. The number of thiophene rings is 1. The summed E-state index contributed by atoms with van der Waals surface area (Å²) in [5.41, 5.74) is 5.91. The first kappa shape index (κ1) is 12.1. The molecule has 0 saturated carbocycles. The summed E-state index contributed by atoms with van der Waals surface area (Å²) in [5, 5.41) is 1.23. The summed E-state index contributed by atoms with van der Waals surface area (Å²) in [7, 11) is 1.38. The predicted molar refractivity (Wildman–Crippen MR) is 70.1 cm³/mol. The van der Waals surface area contributed by atoms with E-state index < -0.39 is 0 Å². The van der Waals surface area contributed by atoms with Crippen molar-refractivity contribution < 1.29 is 9.53 Å². The van der Waals surface area contributed by atoms with Crippen LogP contribution in [-0.4, -0.2) is 19.1 Å². The van der Waals surface area contributed by atoms with E-state index in [0.29, 0.717) is 6.42 Å². The molecule has 17 heavy (non-hydrogen) atoms. The lowest BCUT2D eigenvalue weighted by Crippen LogP contribution is -2.26. The Morgan fingerprint density at radius 2 is 2.24 bits per heavy atom. The molecule has 3 nitrogen and oxygen atoms in total. The van der Waals surface area contributed by atoms with Crippen LogP contribution in [0.2, 0.25) is 0 Å². The summed E-state index contributed by atoms with van der Waals surface area (Å²) < 4.78 is 5.86. The van der Waals surface area contributed by atoms with E-state index in [9.17, 15) is 4.79 Å². The van der Waals surface area contributed by atoms with E-state index in [4.69, 9.17) is 5.73 Å². The molecule has 1 unspecified atom stereocenters. The predicted octanol–water partition coefficient (Wildman–Crippen LogP) is 2.33. The van der Waals surface area contributed by atoms with Crippen LogP contribution in [0.25, 0.3) is 10.1 Å². The van der Waals surface area contributed by atoms with Crippen LogP contribution in [0, 0.1) is 0 Å². The fourth-order valence-corrected chi connectivity index (χ4v) is 2.92. The summed E-state index contributed by atoms with van der Waals surface area (Å²) in [6.07, 6.45) is 0.985. The van der Waals surface area contributed by atoms with Gasteiger partial charge in [-0.15, -0.1) is 11.3 Å². The van der Waals surface area contributed by atoms with Gasteiger partial charge in [-0.05, 0) is 23.9 Å². The van der Waals surface area contributed by atoms with Gasteiger partial charge < -0.3 is 10.5 Å². The highest BCUT2D eigenvalue weighted by Crippen LogP contribution is 2.26. The Labute approximate surface area is 104 Å². The van der Waals surface area contributed by atoms with Crippen LogP contribution in [-0.2, 0) is 16.0 Å². The zero-order valence-corrected chi connectivity index (χ0v) is 10.5. The van der Waals surface area contributed by atoms with Crippen LogP contribution in [0.1, 0.15) is 11.3 Å². The Morgan fingerprint density at radius 3 is 2.94 bits per heavy atom. The van der Waals surface area contributed by atoms with E-state index in [1.807, 2.05) is 12.1 Å². The monoisotopic (exact) mass is 249 g/mol. The lowest BCUT2D eigenvalue weighted by atomic mass is 10.1. The molecule has 0 fully saturated rings. The number of rotatable bonds is 4. The Hall–Kier alpha value is -1.39. The molecule has 0 amide bonds. The maximum Gasteiger partial charge on any atom is 0.307 e. The fourth-order valence-electron chi connectivity index (χ4n) is 1.77. The Morgan fingerprint density at radius 1 is 1.47 bits per heavy atom. The van der Waals surface area contributed by atoms with E-state index in [-0.39, 0.29) is 18.4 Å². The molecule has 1 aromatic carbocycles. The first-order valence-corrected chi connectivity index (χ1v) is 6.30. The van der Waals surface area contributed by atoms with Crippen LogP contribution in [0.15, 0.2) is 30.3 Å². The Bertz CT molecular complexity index is 488. The first-order valence-electron chi connectivity index (χ1n) is 5.49. The number of fused-ring (bicyclic) bond motifs is 1. The number of methoxy groups -OCH3 is 1. The molecule has 1 heterocycles. The van der Waals surface area contributed by atoms with Gasteiger partial charge >= 0.3 is 5.97 Å². The molecule has 0 radical (unpaired) electrons. The van der Waals surface area contributed by atoms with Crippen molar-refractivity contribution >= 4 is 27.4 Å². The summed E-state index contributed by atoms with van der Waals surface area (Å²) >= 11 is 1.73. The van der Waals surface area contributed by atoms with Gasteiger partial charge in [-0.3, -0.25) is 4.79 Å². The topological polar surface area (TPSA) is 52.3 Å². The fraction of sp³-hybridized carbons (Fsp3) is 0.308. The minimum absolute atomic E-state index is 0.171. The van der Waals surface area contributed by atoms with E-state index in [0.717, 1.165) is 0 Å². The summed E-state index contributed by atoms with van der Waals surface area (Å²) in [4.78, 5) is 12.3. The third-order valence-electron chi connectivity index (χ3n) is 2.60. The SMILES string of the molecule is COC(=O)CC(N)Cc1cc2ccccc2s1. The van der Waals surface area contributed by atoms with Gasteiger partial charge in [-0.25, -0.2) is 0 Å². The largest absolute Gasteiger partial charge is 0.469 e. The second kappa shape index (κ2) is 5.29. The lowest BCUT2D eigenvalue weighted by molar-refractivity contribution is -0.140. The number of hydrogen-bond donors (Lipinski definition) is 1. The van der Waals surface area contributed by atoms with Gasteiger partial charge in [0.15, 0.2) is 0 Å². The number of carbonyl (C=O) groups is 1. The molecule has 1 atom stereocenters. The summed E-state index contributed by atoms with van der Waals surface area (Å²) in [6.45, 7) is 0. The molecular weight excluding hydrogens is 234 g/mol. The third kappa shape index (κ3) is 3.05. The molecule has 0 aliphatic heterocycles. The zero-order chi connectivity index (χ0) is 12.3. The molecule has 90 valence electrons. The highest BCUT2D eigenvalue weighted by Gasteiger charge is 2.11. The van der Waals surface area contributed by atoms with Crippen molar-refractivity contribution in [3.8, 4) is 0 Å². The number of carbonyl (C=O) groups excluding carboxylic acids is 1. The average Bonchev–Trinajstić information content (AvgIpc) is 2.70. The average molecular weight is 249 g/mol. The van der Waals surface area contributed by atoms with Gasteiger partial charge in [0.05, 0.1) is 13.5 Å². The van der Waals surface area contributed by atoms with Gasteiger partial charge in [0.1, 0.15) is 0 Å². The highest BCUT2D eigenvalue weighted by atomic mass is 32.1. The summed E-state index contributed by atoms with van der Waals surface area (Å²) in [6, 6.07) is 10.2. The molecule has 2 rings (SSSR count). The first-order chi connectivity index (χ1) is 8.19. The minimum Gasteiger partial charge on any atom is -0.469 e. The molecule has 0 spiro atoms. The lowest BCUT2D eigenvalue weighted by Gasteiger charge is -2.07. The second-order valence-electron chi connectivity index (χ2n) is 3.99. The van der Waals surface area contributed by atoms with Crippen molar-refractivity contribution in [2.24, 2.45) is 5.73 Å². The third-order valence-corrected chi connectivity index (χ3v) is 3.73. The number of nitrogens with two attached hydrogens (primary N) is 1. The normalized spacial score (nSPS) is 12.6. The van der Waals surface area contributed by atoms with Crippen LogP contribution < -0.4 is 5.73 Å². The molecular formula is C13H15NO2S. The van der Waals surface area contributed by atoms with E-state index >= 15 is 0 Å². The van der Waals surface area contributed by atoms with Crippen molar-refractivity contribution in [1.82, 2.24) is 0 Å². The van der Waals surface area contributed by atoms with Gasteiger partial charge in [-0.2, -0.15) is 0 Å². The van der Waals surface area contributed by atoms with Gasteiger partial charge in [0, 0.05) is 15.6 Å².